The van der Waals surface area contributed by atoms with Crippen molar-refractivity contribution in [1.82, 2.24) is 5.32 Å². The van der Waals surface area contributed by atoms with Crippen LogP contribution in [0.25, 0.3) is 0 Å². The van der Waals surface area contributed by atoms with Crippen LogP contribution in [0.3, 0.4) is 0 Å². The molecule has 0 amide bonds. The predicted molar refractivity (Wildman–Crippen MR) is 69.4 cm³/mol. The second-order valence-electron chi connectivity index (χ2n) is 5.98. The monoisotopic (exact) mass is 224 g/mol. The van der Waals surface area contributed by atoms with E-state index in [1.807, 2.05) is 0 Å². The summed E-state index contributed by atoms with van der Waals surface area (Å²) in [6.07, 6.45) is 11.0. The van der Waals surface area contributed by atoms with E-state index >= 15 is 0 Å². The first-order chi connectivity index (χ1) is 7.79. The molecule has 0 saturated heterocycles. The van der Waals surface area contributed by atoms with Crippen LogP contribution >= 0.6 is 0 Å². The van der Waals surface area contributed by atoms with Crippen LogP contribution in [0.15, 0.2) is 0 Å². The summed E-state index contributed by atoms with van der Waals surface area (Å²) in [6, 6.07) is 0.836. The summed E-state index contributed by atoms with van der Waals surface area (Å²) >= 11 is 0. The van der Waals surface area contributed by atoms with Crippen molar-refractivity contribution in [2.75, 3.05) is 13.1 Å². The molecular formula is C14H28N2. The largest absolute Gasteiger partial charge is 0.330 e. The zero-order valence-electron chi connectivity index (χ0n) is 10.8. The third kappa shape index (κ3) is 2.98. The van der Waals surface area contributed by atoms with E-state index < -0.39 is 0 Å². The SMILES string of the molecule is CCC1CC1NCCC1(CN)CCCCC1. The molecule has 0 bridgehead atoms. The molecule has 0 spiro atoms. The Morgan fingerprint density at radius 1 is 1.25 bits per heavy atom. The quantitative estimate of drug-likeness (QED) is 0.728. The minimum atomic E-state index is 0.488. The van der Waals surface area contributed by atoms with Gasteiger partial charge in [-0.25, -0.2) is 0 Å². The lowest BCUT2D eigenvalue weighted by atomic mass is 9.72. The number of nitrogens with two attached hydrogens (primary N) is 1. The second-order valence-corrected chi connectivity index (χ2v) is 5.98. The first-order valence-electron chi connectivity index (χ1n) is 7.23. The molecule has 2 aliphatic rings. The van der Waals surface area contributed by atoms with Gasteiger partial charge in [0.05, 0.1) is 0 Å². The van der Waals surface area contributed by atoms with Crippen LogP contribution in [0.4, 0.5) is 0 Å². The highest BCUT2D eigenvalue weighted by atomic mass is 15.0. The van der Waals surface area contributed by atoms with Gasteiger partial charge in [0.25, 0.3) is 0 Å². The van der Waals surface area contributed by atoms with Crippen LogP contribution in [-0.4, -0.2) is 19.1 Å². The smallest absolute Gasteiger partial charge is 0.00990 e. The lowest BCUT2D eigenvalue weighted by Gasteiger charge is -2.36. The highest BCUT2D eigenvalue weighted by Gasteiger charge is 2.36. The summed E-state index contributed by atoms with van der Waals surface area (Å²) in [5, 5.41) is 3.71. The van der Waals surface area contributed by atoms with E-state index in [0.717, 1.165) is 18.5 Å². The molecule has 94 valence electrons. The van der Waals surface area contributed by atoms with Crippen LogP contribution in [0.5, 0.6) is 0 Å². The van der Waals surface area contributed by atoms with E-state index in [1.165, 1.54) is 57.9 Å². The predicted octanol–water partition coefficient (Wildman–Crippen LogP) is 2.67. The van der Waals surface area contributed by atoms with Crippen LogP contribution in [0.1, 0.15) is 58.3 Å². The summed E-state index contributed by atoms with van der Waals surface area (Å²) < 4.78 is 0. The number of hydrogen-bond donors (Lipinski definition) is 2. The fourth-order valence-electron chi connectivity index (χ4n) is 3.33. The maximum atomic E-state index is 6.00. The molecule has 0 aromatic rings. The molecule has 0 aliphatic heterocycles. The lowest BCUT2D eigenvalue weighted by Crippen LogP contribution is -2.36. The van der Waals surface area contributed by atoms with E-state index in [4.69, 9.17) is 5.73 Å². The molecular weight excluding hydrogens is 196 g/mol. The fraction of sp³-hybridized carbons (Fsp3) is 1.00. The summed E-state index contributed by atoms with van der Waals surface area (Å²) in [4.78, 5) is 0. The van der Waals surface area contributed by atoms with Crippen molar-refractivity contribution < 1.29 is 0 Å². The van der Waals surface area contributed by atoms with Crippen molar-refractivity contribution in [1.29, 1.82) is 0 Å². The summed E-state index contributed by atoms with van der Waals surface area (Å²) in [5.41, 5.74) is 6.48. The molecule has 3 N–H and O–H groups in total. The van der Waals surface area contributed by atoms with Gasteiger partial charge in [-0.05, 0) is 50.1 Å². The van der Waals surface area contributed by atoms with Gasteiger partial charge in [-0.15, -0.1) is 0 Å². The molecule has 2 rings (SSSR count). The Morgan fingerprint density at radius 3 is 2.56 bits per heavy atom. The summed E-state index contributed by atoms with van der Waals surface area (Å²) in [5.74, 6) is 0.972. The minimum absolute atomic E-state index is 0.488. The van der Waals surface area contributed by atoms with Gasteiger partial charge in [-0.1, -0.05) is 32.6 Å². The molecule has 2 atom stereocenters. The van der Waals surface area contributed by atoms with Gasteiger partial charge in [-0.3, -0.25) is 0 Å². The Bertz CT molecular complexity index is 209. The Balaban J connectivity index is 1.66. The first kappa shape index (κ1) is 12.4. The van der Waals surface area contributed by atoms with Crippen molar-refractivity contribution >= 4 is 0 Å². The minimum Gasteiger partial charge on any atom is -0.330 e. The topological polar surface area (TPSA) is 38.0 Å². The van der Waals surface area contributed by atoms with Gasteiger partial charge in [-0.2, -0.15) is 0 Å². The van der Waals surface area contributed by atoms with Crippen LogP contribution in [-0.2, 0) is 0 Å². The maximum absolute atomic E-state index is 6.00. The normalized spacial score (nSPS) is 32.6. The molecule has 2 saturated carbocycles. The lowest BCUT2D eigenvalue weighted by molar-refractivity contribution is 0.180. The van der Waals surface area contributed by atoms with Crippen molar-refractivity contribution in [2.24, 2.45) is 17.1 Å². The number of rotatable bonds is 6. The highest BCUT2D eigenvalue weighted by Crippen LogP contribution is 2.39. The number of nitrogens with one attached hydrogen (secondary N) is 1. The third-order valence-corrected chi connectivity index (χ3v) is 4.86. The first-order valence-corrected chi connectivity index (χ1v) is 7.23. The van der Waals surface area contributed by atoms with E-state index in [-0.39, 0.29) is 0 Å². The van der Waals surface area contributed by atoms with Gasteiger partial charge in [0.15, 0.2) is 0 Å². The molecule has 16 heavy (non-hydrogen) atoms. The summed E-state index contributed by atoms with van der Waals surface area (Å²) in [7, 11) is 0. The standard InChI is InChI=1S/C14H28N2/c1-2-12-10-13(12)16-9-8-14(11-15)6-4-3-5-7-14/h12-13,16H,2-11,15H2,1H3. The second kappa shape index (κ2) is 5.50. The third-order valence-electron chi connectivity index (χ3n) is 4.86. The Hall–Kier alpha value is -0.0800. The molecule has 0 heterocycles. The van der Waals surface area contributed by atoms with Crippen molar-refractivity contribution in [3.05, 3.63) is 0 Å². The molecule has 2 unspecified atom stereocenters. The van der Waals surface area contributed by atoms with Gasteiger partial charge >= 0.3 is 0 Å². The highest BCUT2D eigenvalue weighted by molar-refractivity contribution is 4.93. The number of hydrogen-bond acceptors (Lipinski definition) is 2. The Morgan fingerprint density at radius 2 is 2.00 bits per heavy atom. The zero-order valence-corrected chi connectivity index (χ0v) is 10.8. The van der Waals surface area contributed by atoms with Crippen LogP contribution < -0.4 is 11.1 Å². The van der Waals surface area contributed by atoms with Gasteiger partial charge < -0.3 is 11.1 Å². The van der Waals surface area contributed by atoms with Crippen molar-refractivity contribution in [3.8, 4) is 0 Å². The van der Waals surface area contributed by atoms with Crippen LogP contribution in [0.2, 0.25) is 0 Å². The fourth-order valence-corrected chi connectivity index (χ4v) is 3.33. The summed E-state index contributed by atoms with van der Waals surface area (Å²) in [6.45, 7) is 4.39. The van der Waals surface area contributed by atoms with Gasteiger partial charge in [0, 0.05) is 6.04 Å². The van der Waals surface area contributed by atoms with Gasteiger partial charge in [0.2, 0.25) is 0 Å². The maximum Gasteiger partial charge on any atom is 0.00990 e. The zero-order chi connectivity index (χ0) is 11.4. The molecule has 2 nitrogen and oxygen atoms in total. The van der Waals surface area contributed by atoms with E-state index in [9.17, 15) is 0 Å². The van der Waals surface area contributed by atoms with Crippen LogP contribution in [0, 0.1) is 11.3 Å². The van der Waals surface area contributed by atoms with Gasteiger partial charge in [0.1, 0.15) is 0 Å². The van der Waals surface area contributed by atoms with E-state index in [2.05, 4.69) is 12.2 Å². The molecule has 2 aliphatic carbocycles. The Kier molecular flexibility index (Phi) is 4.26. The molecule has 2 heteroatoms. The van der Waals surface area contributed by atoms with E-state index in [0.29, 0.717) is 5.41 Å². The molecule has 2 fully saturated rings. The average Bonchev–Trinajstić information content (AvgIpc) is 3.09. The average molecular weight is 224 g/mol. The molecule has 0 aromatic carbocycles. The van der Waals surface area contributed by atoms with Crippen molar-refractivity contribution in [3.63, 3.8) is 0 Å². The Labute approximate surface area is 100 Å². The molecule has 0 radical (unpaired) electrons. The van der Waals surface area contributed by atoms with Crippen molar-refractivity contribution in [2.45, 2.75) is 64.3 Å². The van der Waals surface area contributed by atoms with E-state index in [1.54, 1.807) is 0 Å². The molecule has 0 aromatic heterocycles.